The molecule has 0 saturated heterocycles. The van der Waals surface area contributed by atoms with Gasteiger partial charge >= 0.3 is 0 Å². The first kappa shape index (κ1) is 12.8. The number of aryl methyl sites for hydroxylation is 1. The second-order valence-electron chi connectivity index (χ2n) is 4.10. The highest BCUT2D eigenvalue weighted by Gasteiger charge is 2.05. The molecule has 0 fully saturated rings. The van der Waals surface area contributed by atoms with E-state index in [2.05, 4.69) is 9.97 Å². The Morgan fingerprint density at radius 1 is 1.33 bits per heavy atom. The third kappa shape index (κ3) is 2.59. The van der Waals surface area contributed by atoms with Crippen molar-refractivity contribution in [1.29, 1.82) is 0 Å². The molecule has 0 amide bonds. The molecule has 3 nitrogen and oxygen atoms in total. The van der Waals surface area contributed by atoms with Crippen molar-refractivity contribution in [3.8, 4) is 17.1 Å². The summed E-state index contributed by atoms with van der Waals surface area (Å²) in [4.78, 5) is 7.68. The van der Waals surface area contributed by atoms with E-state index in [1.807, 2.05) is 45.0 Å². The summed E-state index contributed by atoms with van der Waals surface area (Å²) in [7, 11) is 0. The summed E-state index contributed by atoms with van der Waals surface area (Å²) in [6.07, 6.45) is 0. The fourth-order valence-electron chi connectivity index (χ4n) is 1.68. The molecule has 0 aliphatic carbocycles. The van der Waals surface area contributed by atoms with Crippen molar-refractivity contribution in [2.45, 2.75) is 20.8 Å². The molecular weight excluding hydrogens is 244 g/mol. The van der Waals surface area contributed by atoms with Gasteiger partial charge in [-0.05, 0) is 32.9 Å². The van der Waals surface area contributed by atoms with Crippen LogP contribution in [-0.2, 0) is 0 Å². The Kier molecular flexibility index (Phi) is 3.77. The average molecular weight is 260 g/mol. The molecule has 0 unspecified atom stereocenters. The van der Waals surface area contributed by atoms with Gasteiger partial charge < -0.3 is 9.72 Å². The molecule has 4 heteroatoms. The van der Waals surface area contributed by atoms with Crippen LogP contribution in [0.4, 0.5) is 0 Å². The number of aromatic amines is 1. The van der Waals surface area contributed by atoms with E-state index in [9.17, 15) is 0 Å². The minimum atomic E-state index is 0.642. The van der Waals surface area contributed by atoms with Crippen molar-refractivity contribution >= 4 is 12.2 Å². The number of ether oxygens (including phenoxy) is 1. The largest absolute Gasteiger partial charge is 0.494 e. The molecule has 0 aliphatic rings. The molecule has 0 atom stereocenters. The lowest BCUT2D eigenvalue weighted by atomic mass is 10.2. The number of rotatable bonds is 3. The van der Waals surface area contributed by atoms with Crippen LogP contribution < -0.4 is 4.74 Å². The zero-order chi connectivity index (χ0) is 13.1. The van der Waals surface area contributed by atoms with E-state index in [0.29, 0.717) is 11.2 Å². The smallest absolute Gasteiger partial charge is 0.139 e. The Balaban J connectivity index is 2.48. The predicted octanol–water partition coefficient (Wildman–Crippen LogP) is 3.82. The van der Waals surface area contributed by atoms with E-state index in [0.717, 1.165) is 28.4 Å². The highest BCUT2D eigenvalue weighted by atomic mass is 32.1. The Labute approximate surface area is 112 Å². The number of hydrogen-bond donors (Lipinski definition) is 1. The summed E-state index contributed by atoms with van der Waals surface area (Å²) in [5.41, 5.74) is 3.05. The van der Waals surface area contributed by atoms with Gasteiger partial charge in [-0.15, -0.1) is 0 Å². The first-order chi connectivity index (χ1) is 8.61. The van der Waals surface area contributed by atoms with Crippen molar-refractivity contribution < 1.29 is 4.74 Å². The molecule has 0 saturated carbocycles. The fourth-order valence-corrected chi connectivity index (χ4v) is 1.93. The quantitative estimate of drug-likeness (QED) is 0.852. The Bertz CT molecular complexity index is 619. The van der Waals surface area contributed by atoms with E-state index in [1.165, 1.54) is 0 Å². The Morgan fingerprint density at radius 3 is 2.78 bits per heavy atom. The first-order valence-corrected chi connectivity index (χ1v) is 6.33. The van der Waals surface area contributed by atoms with Gasteiger partial charge in [0, 0.05) is 16.8 Å². The van der Waals surface area contributed by atoms with Crippen LogP contribution in [0.2, 0.25) is 0 Å². The van der Waals surface area contributed by atoms with Gasteiger partial charge in [-0.25, -0.2) is 4.98 Å². The Hall–Kier alpha value is -1.68. The lowest BCUT2D eigenvalue weighted by molar-refractivity contribution is 0.340. The van der Waals surface area contributed by atoms with Crippen LogP contribution in [0.3, 0.4) is 0 Å². The van der Waals surface area contributed by atoms with E-state index >= 15 is 0 Å². The number of H-pyrrole nitrogens is 1. The van der Waals surface area contributed by atoms with Gasteiger partial charge in [0.25, 0.3) is 0 Å². The van der Waals surface area contributed by atoms with Gasteiger partial charge in [-0.1, -0.05) is 24.4 Å². The van der Waals surface area contributed by atoms with Gasteiger partial charge in [0.2, 0.25) is 0 Å². The molecule has 1 heterocycles. The molecule has 0 bridgehead atoms. The number of benzene rings is 1. The number of nitrogens with zero attached hydrogens (tertiary/aromatic N) is 1. The summed E-state index contributed by atoms with van der Waals surface area (Å²) in [5.74, 6) is 1.62. The third-order valence-electron chi connectivity index (χ3n) is 2.82. The second-order valence-corrected chi connectivity index (χ2v) is 4.49. The van der Waals surface area contributed by atoms with E-state index in [4.69, 9.17) is 17.0 Å². The SMILES string of the molecule is CCOc1cccc(-c2nc(=S)c(C)c(C)[nH]2)c1. The van der Waals surface area contributed by atoms with Crippen LogP contribution in [0.25, 0.3) is 11.4 Å². The molecule has 1 N–H and O–H groups in total. The lowest BCUT2D eigenvalue weighted by Gasteiger charge is -2.08. The molecule has 2 rings (SSSR count). The maximum atomic E-state index is 5.48. The zero-order valence-corrected chi connectivity index (χ0v) is 11.6. The topological polar surface area (TPSA) is 37.9 Å². The van der Waals surface area contributed by atoms with E-state index in [-0.39, 0.29) is 0 Å². The second kappa shape index (κ2) is 5.31. The van der Waals surface area contributed by atoms with Gasteiger partial charge in [0.1, 0.15) is 16.2 Å². The van der Waals surface area contributed by atoms with Crippen LogP contribution in [-0.4, -0.2) is 16.6 Å². The molecule has 0 radical (unpaired) electrons. The van der Waals surface area contributed by atoms with Gasteiger partial charge in [-0.3, -0.25) is 0 Å². The molecular formula is C14H16N2OS. The maximum absolute atomic E-state index is 5.48. The van der Waals surface area contributed by atoms with E-state index < -0.39 is 0 Å². The molecule has 18 heavy (non-hydrogen) atoms. The molecule has 94 valence electrons. The summed E-state index contributed by atoms with van der Waals surface area (Å²) in [6, 6.07) is 7.84. The van der Waals surface area contributed by atoms with Gasteiger partial charge in [-0.2, -0.15) is 0 Å². The average Bonchev–Trinajstić information content (AvgIpc) is 2.36. The molecule has 0 spiro atoms. The summed E-state index contributed by atoms with van der Waals surface area (Å²) >= 11 is 5.25. The third-order valence-corrected chi connectivity index (χ3v) is 3.22. The zero-order valence-electron chi connectivity index (χ0n) is 10.8. The van der Waals surface area contributed by atoms with Crippen LogP contribution in [0.15, 0.2) is 24.3 Å². The van der Waals surface area contributed by atoms with Crippen molar-refractivity contribution in [2.75, 3.05) is 6.61 Å². The normalized spacial score (nSPS) is 10.4. The Morgan fingerprint density at radius 2 is 2.11 bits per heavy atom. The minimum absolute atomic E-state index is 0.642. The number of aromatic nitrogens is 2. The van der Waals surface area contributed by atoms with Crippen molar-refractivity contribution in [3.63, 3.8) is 0 Å². The lowest BCUT2D eigenvalue weighted by Crippen LogP contribution is -1.97. The summed E-state index contributed by atoms with van der Waals surface area (Å²) in [5, 5.41) is 0. The fraction of sp³-hybridized carbons (Fsp3) is 0.286. The molecule has 0 aliphatic heterocycles. The molecule has 2 aromatic rings. The number of nitrogens with one attached hydrogen (secondary N) is 1. The summed E-state index contributed by atoms with van der Waals surface area (Å²) in [6.45, 7) is 6.60. The number of hydrogen-bond acceptors (Lipinski definition) is 3. The minimum Gasteiger partial charge on any atom is -0.494 e. The first-order valence-electron chi connectivity index (χ1n) is 5.92. The predicted molar refractivity (Wildman–Crippen MR) is 75.5 cm³/mol. The highest BCUT2D eigenvalue weighted by molar-refractivity contribution is 7.71. The summed E-state index contributed by atoms with van der Waals surface area (Å²) < 4.78 is 6.13. The standard InChI is InChI=1S/C14H16N2OS/c1-4-17-12-7-5-6-11(8-12)13-15-10(3)9(2)14(18)16-13/h5-8H,4H2,1-3H3,(H,15,16,18). The van der Waals surface area contributed by atoms with Crippen molar-refractivity contribution in [3.05, 3.63) is 40.2 Å². The van der Waals surface area contributed by atoms with Crippen LogP contribution in [0.5, 0.6) is 5.75 Å². The highest BCUT2D eigenvalue weighted by Crippen LogP contribution is 2.22. The van der Waals surface area contributed by atoms with Crippen molar-refractivity contribution in [1.82, 2.24) is 9.97 Å². The van der Waals surface area contributed by atoms with Gasteiger partial charge in [0.15, 0.2) is 0 Å². The van der Waals surface area contributed by atoms with Crippen LogP contribution in [0, 0.1) is 18.5 Å². The molecule has 1 aromatic heterocycles. The van der Waals surface area contributed by atoms with Crippen LogP contribution >= 0.6 is 12.2 Å². The monoisotopic (exact) mass is 260 g/mol. The molecule has 1 aromatic carbocycles. The van der Waals surface area contributed by atoms with E-state index in [1.54, 1.807) is 0 Å². The maximum Gasteiger partial charge on any atom is 0.139 e. The van der Waals surface area contributed by atoms with Crippen LogP contribution in [0.1, 0.15) is 18.2 Å². The van der Waals surface area contributed by atoms with Gasteiger partial charge in [0.05, 0.1) is 6.61 Å². The van der Waals surface area contributed by atoms with Crippen molar-refractivity contribution in [2.24, 2.45) is 0 Å².